The molecule has 0 aliphatic heterocycles. The molecule has 0 aromatic heterocycles. The molecule has 3 heteroatoms. The monoisotopic (exact) mass is 268 g/mol. The molecule has 0 saturated carbocycles. The van der Waals surface area contributed by atoms with E-state index in [0.29, 0.717) is 6.61 Å². The molecule has 0 spiro atoms. The fraction of sp³-hybridized carbons (Fsp3) is 0.333. The van der Waals surface area contributed by atoms with Gasteiger partial charge in [0.25, 0.3) is 0 Å². The van der Waals surface area contributed by atoms with Gasteiger partial charge in [-0.05, 0) is 36.1 Å². The summed E-state index contributed by atoms with van der Waals surface area (Å²) < 4.78 is 6.32. The Balaban J connectivity index is 2.12. The molecule has 1 aromatic carbocycles. The van der Waals surface area contributed by atoms with Gasteiger partial charge in [-0.25, -0.2) is 0 Å². The van der Waals surface area contributed by atoms with E-state index in [-0.39, 0.29) is 6.10 Å². The standard InChI is InChI=1S/C12H13BrO2/c1-8(13)7-15-10-3-4-11-9(6-10)2-5-12(11)14/h3-4,6,12,14H,1-2,5,7H2/t12-/m0/s1. The third-order valence-corrected chi connectivity index (χ3v) is 2.78. The number of aliphatic hydroxyl groups excluding tert-OH is 1. The summed E-state index contributed by atoms with van der Waals surface area (Å²) >= 11 is 3.24. The summed E-state index contributed by atoms with van der Waals surface area (Å²) in [5.74, 6) is 0.837. The molecule has 2 nitrogen and oxygen atoms in total. The third-order valence-electron chi connectivity index (χ3n) is 2.56. The van der Waals surface area contributed by atoms with Crippen LogP contribution in [-0.4, -0.2) is 11.7 Å². The fourth-order valence-corrected chi connectivity index (χ4v) is 1.94. The molecule has 0 radical (unpaired) electrons. The second kappa shape index (κ2) is 4.37. The highest BCUT2D eigenvalue weighted by Gasteiger charge is 2.20. The van der Waals surface area contributed by atoms with E-state index in [0.717, 1.165) is 28.6 Å². The van der Waals surface area contributed by atoms with Crippen molar-refractivity contribution >= 4 is 15.9 Å². The summed E-state index contributed by atoms with van der Waals surface area (Å²) in [4.78, 5) is 0. The second-order valence-corrected chi connectivity index (χ2v) is 4.84. The lowest BCUT2D eigenvalue weighted by molar-refractivity contribution is 0.180. The summed E-state index contributed by atoms with van der Waals surface area (Å²) in [7, 11) is 0. The number of fused-ring (bicyclic) bond motifs is 1. The first-order chi connectivity index (χ1) is 7.16. The van der Waals surface area contributed by atoms with Crippen LogP contribution in [-0.2, 0) is 6.42 Å². The van der Waals surface area contributed by atoms with E-state index >= 15 is 0 Å². The number of hydrogen-bond acceptors (Lipinski definition) is 2. The minimum atomic E-state index is -0.291. The maximum absolute atomic E-state index is 9.63. The van der Waals surface area contributed by atoms with Gasteiger partial charge in [-0.15, -0.1) is 0 Å². The summed E-state index contributed by atoms with van der Waals surface area (Å²) in [5.41, 5.74) is 2.24. The number of ether oxygens (including phenoxy) is 1. The molecule has 15 heavy (non-hydrogen) atoms. The number of hydrogen-bond donors (Lipinski definition) is 1. The van der Waals surface area contributed by atoms with Crippen LogP contribution in [0.1, 0.15) is 23.7 Å². The van der Waals surface area contributed by atoms with Gasteiger partial charge in [0.15, 0.2) is 0 Å². The van der Waals surface area contributed by atoms with Crippen molar-refractivity contribution in [3.05, 3.63) is 40.4 Å². The van der Waals surface area contributed by atoms with Crippen LogP contribution in [0.3, 0.4) is 0 Å². The van der Waals surface area contributed by atoms with Gasteiger partial charge in [-0.3, -0.25) is 0 Å². The van der Waals surface area contributed by atoms with Crippen LogP contribution in [0.5, 0.6) is 5.75 Å². The van der Waals surface area contributed by atoms with Gasteiger partial charge in [-0.1, -0.05) is 28.6 Å². The van der Waals surface area contributed by atoms with Crippen molar-refractivity contribution in [2.24, 2.45) is 0 Å². The number of aryl methyl sites for hydroxylation is 1. The Morgan fingerprint density at radius 1 is 1.60 bits per heavy atom. The Bertz CT molecular complexity index is 387. The smallest absolute Gasteiger partial charge is 0.120 e. The zero-order chi connectivity index (χ0) is 10.8. The summed E-state index contributed by atoms with van der Waals surface area (Å²) in [6, 6.07) is 5.84. The zero-order valence-electron chi connectivity index (χ0n) is 8.37. The highest BCUT2D eigenvalue weighted by molar-refractivity contribution is 9.11. The largest absolute Gasteiger partial charge is 0.488 e. The van der Waals surface area contributed by atoms with Crippen molar-refractivity contribution in [2.45, 2.75) is 18.9 Å². The molecular formula is C12H13BrO2. The van der Waals surface area contributed by atoms with Gasteiger partial charge in [0.1, 0.15) is 12.4 Å². The van der Waals surface area contributed by atoms with Gasteiger partial charge >= 0.3 is 0 Å². The molecule has 0 fully saturated rings. The average molecular weight is 269 g/mol. The molecule has 0 unspecified atom stereocenters. The molecule has 0 bridgehead atoms. The molecular weight excluding hydrogens is 256 g/mol. The van der Waals surface area contributed by atoms with E-state index < -0.39 is 0 Å². The Labute approximate surface area is 97.7 Å². The van der Waals surface area contributed by atoms with Gasteiger partial charge in [0, 0.05) is 4.48 Å². The van der Waals surface area contributed by atoms with Crippen molar-refractivity contribution in [1.29, 1.82) is 0 Å². The lowest BCUT2D eigenvalue weighted by Crippen LogP contribution is -1.97. The van der Waals surface area contributed by atoms with Crippen LogP contribution >= 0.6 is 15.9 Å². The minimum absolute atomic E-state index is 0.291. The lowest BCUT2D eigenvalue weighted by atomic mass is 10.1. The topological polar surface area (TPSA) is 29.5 Å². The van der Waals surface area contributed by atoms with Crippen molar-refractivity contribution < 1.29 is 9.84 Å². The fourth-order valence-electron chi connectivity index (χ4n) is 1.82. The Morgan fingerprint density at radius 2 is 2.40 bits per heavy atom. The van der Waals surface area contributed by atoms with Gasteiger partial charge in [0.05, 0.1) is 6.10 Å². The SMILES string of the molecule is C=C(Br)COc1ccc2c(c1)CC[C@@H]2O. The van der Waals surface area contributed by atoms with Crippen molar-refractivity contribution in [2.75, 3.05) is 6.61 Å². The quantitative estimate of drug-likeness (QED) is 0.914. The zero-order valence-corrected chi connectivity index (χ0v) is 9.96. The maximum Gasteiger partial charge on any atom is 0.120 e. The molecule has 2 rings (SSSR count). The molecule has 1 N–H and O–H groups in total. The molecule has 1 atom stereocenters. The number of rotatable bonds is 3. The molecule has 1 aromatic rings. The predicted octanol–water partition coefficient (Wildman–Crippen LogP) is 2.95. The van der Waals surface area contributed by atoms with Crippen LogP contribution in [0.15, 0.2) is 29.3 Å². The molecule has 1 aliphatic carbocycles. The van der Waals surface area contributed by atoms with E-state index in [1.54, 1.807) is 0 Å². The normalized spacial score (nSPS) is 18.7. The van der Waals surface area contributed by atoms with E-state index in [1.807, 2.05) is 18.2 Å². The first kappa shape index (κ1) is 10.7. The van der Waals surface area contributed by atoms with E-state index in [2.05, 4.69) is 22.5 Å². The highest BCUT2D eigenvalue weighted by Crippen LogP contribution is 2.33. The van der Waals surface area contributed by atoms with Crippen molar-refractivity contribution in [3.8, 4) is 5.75 Å². The van der Waals surface area contributed by atoms with Crippen LogP contribution in [0.2, 0.25) is 0 Å². The molecule has 0 saturated heterocycles. The summed E-state index contributed by atoms with van der Waals surface area (Å²) in [6.07, 6.45) is 1.47. The van der Waals surface area contributed by atoms with E-state index in [1.165, 1.54) is 5.56 Å². The third kappa shape index (κ3) is 2.41. The highest BCUT2D eigenvalue weighted by atomic mass is 79.9. The first-order valence-corrected chi connectivity index (χ1v) is 5.73. The molecule has 0 amide bonds. The predicted molar refractivity (Wildman–Crippen MR) is 63.3 cm³/mol. The van der Waals surface area contributed by atoms with E-state index in [4.69, 9.17) is 4.74 Å². The van der Waals surface area contributed by atoms with Crippen molar-refractivity contribution in [1.82, 2.24) is 0 Å². The number of halogens is 1. The van der Waals surface area contributed by atoms with Crippen LogP contribution in [0.25, 0.3) is 0 Å². The van der Waals surface area contributed by atoms with Crippen LogP contribution in [0, 0.1) is 0 Å². The lowest BCUT2D eigenvalue weighted by Gasteiger charge is -2.08. The van der Waals surface area contributed by atoms with Gasteiger partial charge in [-0.2, -0.15) is 0 Å². The summed E-state index contributed by atoms with van der Waals surface area (Å²) in [5, 5.41) is 9.63. The minimum Gasteiger partial charge on any atom is -0.488 e. The van der Waals surface area contributed by atoms with Crippen molar-refractivity contribution in [3.63, 3.8) is 0 Å². The second-order valence-electron chi connectivity index (χ2n) is 3.72. The number of benzene rings is 1. The molecule has 1 aliphatic rings. The van der Waals surface area contributed by atoms with Gasteiger partial charge in [0.2, 0.25) is 0 Å². The number of aliphatic hydroxyl groups is 1. The Hall–Kier alpha value is -0.800. The summed E-state index contributed by atoms with van der Waals surface area (Å²) in [6.45, 7) is 4.18. The molecule has 80 valence electrons. The Kier molecular flexibility index (Phi) is 3.12. The van der Waals surface area contributed by atoms with Crippen LogP contribution in [0.4, 0.5) is 0 Å². The average Bonchev–Trinajstić information content (AvgIpc) is 2.57. The molecule has 0 heterocycles. The maximum atomic E-state index is 9.63. The van der Waals surface area contributed by atoms with Crippen LogP contribution < -0.4 is 4.74 Å². The first-order valence-electron chi connectivity index (χ1n) is 4.94. The van der Waals surface area contributed by atoms with E-state index in [9.17, 15) is 5.11 Å². The van der Waals surface area contributed by atoms with Gasteiger partial charge < -0.3 is 9.84 Å². The Morgan fingerprint density at radius 3 is 3.13 bits per heavy atom.